The highest BCUT2D eigenvalue weighted by Crippen LogP contribution is 2.18. The van der Waals surface area contributed by atoms with Crippen LogP contribution in [0.1, 0.15) is 24.1 Å². The standard InChI is InChI=1S/C15H14F3NO2S/c1-10(12-4-7-14(17)15(18)8-12)19-22(20,21)9-11-2-5-13(16)6-3-11/h2-8,10,19H,9H2,1H3. The fraction of sp³-hybridized carbons (Fsp3) is 0.200. The van der Waals surface area contributed by atoms with Crippen molar-refractivity contribution in [3.8, 4) is 0 Å². The van der Waals surface area contributed by atoms with E-state index in [0.717, 1.165) is 12.1 Å². The smallest absolute Gasteiger partial charge is 0.212 e. The van der Waals surface area contributed by atoms with Crippen molar-refractivity contribution in [2.75, 3.05) is 0 Å². The molecule has 7 heteroatoms. The Hall–Kier alpha value is -1.86. The first-order valence-corrected chi connectivity index (χ1v) is 8.11. The Bertz CT molecular complexity index is 761. The summed E-state index contributed by atoms with van der Waals surface area (Å²) in [7, 11) is -3.71. The lowest BCUT2D eigenvalue weighted by atomic mass is 10.1. The lowest BCUT2D eigenvalue weighted by molar-refractivity contribution is 0.504. The van der Waals surface area contributed by atoms with Crippen LogP contribution < -0.4 is 4.72 Å². The SMILES string of the molecule is CC(NS(=O)(=O)Cc1ccc(F)cc1)c1ccc(F)c(F)c1. The molecule has 0 aliphatic carbocycles. The maximum Gasteiger partial charge on any atom is 0.216 e. The van der Waals surface area contributed by atoms with Crippen LogP contribution in [0, 0.1) is 17.5 Å². The number of nitrogens with one attached hydrogen (secondary N) is 1. The van der Waals surface area contributed by atoms with Gasteiger partial charge in [-0.2, -0.15) is 0 Å². The first kappa shape index (κ1) is 16.5. The quantitative estimate of drug-likeness (QED) is 0.915. The summed E-state index contributed by atoms with van der Waals surface area (Å²) in [5, 5.41) is 0. The normalized spacial score (nSPS) is 13.1. The van der Waals surface area contributed by atoms with Crippen molar-refractivity contribution in [1.29, 1.82) is 0 Å². The number of halogens is 3. The Balaban J connectivity index is 2.10. The predicted molar refractivity (Wildman–Crippen MR) is 76.9 cm³/mol. The van der Waals surface area contributed by atoms with E-state index >= 15 is 0 Å². The van der Waals surface area contributed by atoms with E-state index in [1.807, 2.05) is 0 Å². The van der Waals surface area contributed by atoms with Crippen LogP contribution in [-0.4, -0.2) is 8.42 Å². The molecule has 0 aliphatic heterocycles. The number of rotatable bonds is 5. The van der Waals surface area contributed by atoms with Crippen LogP contribution >= 0.6 is 0 Å². The summed E-state index contributed by atoms with van der Waals surface area (Å²) >= 11 is 0. The Labute approximate surface area is 126 Å². The van der Waals surface area contributed by atoms with Crippen molar-refractivity contribution in [1.82, 2.24) is 4.72 Å². The summed E-state index contributed by atoms with van der Waals surface area (Å²) < 4.78 is 65.3. The van der Waals surface area contributed by atoms with Crippen molar-refractivity contribution in [2.24, 2.45) is 0 Å². The molecule has 2 aromatic rings. The fourth-order valence-electron chi connectivity index (χ4n) is 1.96. The minimum absolute atomic E-state index is 0.307. The molecule has 0 aliphatic rings. The van der Waals surface area contributed by atoms with Gasteiger partial charge < -0.3 is 0 Å². The first-order valence-electron chi connectivity index (χ1n) is 6.46. The molecule has 0 aromatic heterocycles. The van der Waals surface area contributed by atoms with Gasteiger partial charge in [-0.1, -0.05) is 18.2 Å². The number of hydrogen-bond acceptors (Lipinski definition) is 2. The Morgan fingerprint density at radius 1 is 1.00 bits per heavy atom. The molecule has 0 fully saturated rings. The van der Waals surface area contributed by atoms with Gasteiger partial charge in [0.15, 0.2) is 11.6 Å². The molecular formula is C15H14F3NO2S. The van der Waals surface area contributed by atoms with E-state index in [9.17, 15) is 21.6 Å². The van der Waals surface area contributed by atoms with Gasteiger partial charge in [0.2, 0.25) is 10.0 Å². The predicted octanol–water partition coefficient (Wildman–Crippen LogP) is 3.28. The molecular weight excluding hydrogens is 315 g/mol. The van der Waals surface area contributed by atoms with E-state index < -0.39 is 33.5 Å². The molecule has 118 valence electrons. The minimum atomic E-state index is -3.71. The minimum Gasteiger partial charge on any atom is -0.212 e. The van der Waals surface area contributed by atoms with Gasteiger partial charge in [-0.3, -0.25) is 0 Å². The van der Waals surface area contributed by atoms with Crippen molar-refractivity contribution in [3.63, 3.8) is 0 Å². The van der Waals surface area contributed by atoms with Crippen molar-refractivity contribution in [2.45, 2.75) is 18.7 Å². The van der Waals surface area contributed by atoms with E-state index in [4.69, 9.17) is 0 Å². The first-order chi connectivity index (χ1) is 10.3. The topological polar surface area (TPSA) is 46.2 Å². The molecule has 0 saturated heterocycles. The second-order valence-corrected chi connectivity index (χ2v) is 6.65. The lowest BCUT2D eigenvalue weighted by Crippen LogP contribution is -2.28. The van der Waals surface area contributed by atoms with Crippen molar-refractivity contribution in [3.05, 3.63) is 71.0 Å². The van der Waals surface area contributed by atoms with Crippen LogP contribution in [0.5, 0.6) is 0 Å². The van der Waals surface area contributed by atoms with Crippen LogP contribution in [0.3, 0.4) is 0 Å². The van der Waals surface area contributed by atoms with Crippen LogP contribution in [-0.2, 0) is 15.8 Å². The van der Waals surface area contributed by atoms with Crippen molar-refractivity contribution < 1.29 is 21.6 Å². The van der Waals surface area contributed by atoms with Crippen LogP contribution in [0.15, 0.2) is 42.5 Å². The largest absolute Gasteiger partial charge is 0.216 e. The molecule has 2 aromatic carbocycles. The van der Waals surface area contributed by atoms with Gasteiger partial charge in [0.05, 0.1) is 5.75 Å². The molecule has 1 unspecified atom stereocenters. The van der Waals surface area contributed by atoms with Crippen LogP contribution in [0.2, 0.25) is 0 Å². The van der Waals surface area contributed by atoms with Gasteiger partial charge in [-0.25, -0.2) is 26.3 Å². The summed E-state index contributed by atoms with van der Waals surface area (Å²) in [6.07, 6.45) is 0. The number of benzene rings is 2. The number of hydrogen-bond donors (Lipinski definition) is 1. The highest BCUT2D eigenvalue weighted by atomic mass is 32.2. The lowest BCUT2D eigenvalue weighted by Gasteiger charge is -2.15. The summed E-state index contributed by atoms with van der Waals surface area (Å²) in [5.41, 5.74) is 0.730. The summed E-state index contributed by atoms with van der Waals surface area (Å²) in [6, 6.07) is 7.56. The van der Waals surface area contributed by atoms with E-state index in [-0.39, 0.29) is 5.75 Å². The van der Waals surface area contributed by atoms with E-state index in [1.54, 1.807) is 0 Å². The van der Waals surface area contributed by atoms with Crippen LogP contribution in [0.4, 0.5) is 13.2 Å². The molecule has 0 heterocycles. The average molecular weight is 329 g/mol. The zero-order valence-electron chi connectivity index (χ0n) is 11.7. The van der Waals surface area contributed by atoms with Gasteiger partial charge in [-0.15, -0.1) is 0 Å². The molecule has 0 spiro atoms. The zero-order valence-corrected chi connectivity index (χ0v) is 12.5. The van der Waals surface area contributed by atoms with Crippen molar-refractivity contribution >= 4 is 10.0 Å². The summed E-state index contributed by atoms with van der Waals surface area (Å²) in [6.45, 7) is 1.52. The molecule has 0 saturated carbocycles. The average Bonchev–Trinajstić information content (AvgIpc) is 2.43. The van der Waals surface area contributed by atoms with Gasteiger partial charge in [0, 0.05) is 6.04 Å². The van der Waals surface area contributed by atoms with Gasteiger partial charge in [0.1, 0.15) is 5.82 Å². The molecule has 22 heavy (non-hydrogen) atoms. The molecule has 2 rings (SSSR count). The third-order valence-corrected chi connectivity index (χ3v) is 4.50. The second kappa shape index (κ2) is 6.50. The summed E-state index contributed by atoms with van der Waals surface area (Å²) in [5.74, 6) is -2.82. The number of sulfonamides is 1. The van der Waals surface area contributed by atoms with Gasteiger partial charge >= 0.3 is 0 Å². The van der Waals surface area contributed by atoms with E-state index in [1.165, 1.54) is 37.3 Å². The highest BCUT2D eigenvalue weighted by molar-refractivity contribution is 7.88. The molecule has 0 amide bonds. The summed E-state index contributed by atoms with van der Waals surface area (Å²) in [4.78, 5) is 0. The second-order valence-electron chi connectivity index (χ2n) is 4.90. The van der Waals surface area contributed by atoms with Gasteiger partial charge in [-0.05, 0) is 42.3 Å². The van der Waals surface area contributed by atoms with Crippen LogP contribution in [0.25, 0.3) is 0 Å². The molecule has 1 atom stereocenters. The maximum absolute atomic E-state index is 13.2. The third-order valence-electron chi connectivity index (χ3n) is 3.07. The Morgan fingerprint density at radius 3 is 2.23 bits per heavy atom. The Morgan fingerprint density at radius 2 is 1.64 bits per heavy atom. The molecule has 0 radical (unpaired) electrons. The fourth-order valence-corrected chi connectivity index (χ4v) is 3.35. The molecule has 0 bridgehead atoms. The molecule has 1 N–H and O–H groups in total. The molecule has 3 nitrogen and oxygen atoms in total. The van der Waals surface area contributed by atoms with E-state index in [2.05, 4.69) is 4.72 Å². The maximum atomic E-state index is 13.2. The van der Waals surface area contributed by atoms with E-state index in [0.29, 0.717) is 11.1 Å². The van der Waals surface area contributed by atoms with Gasteiger partial charge in [0.25, 0.3) is 0 Å². The highest BCUT2D eigenvalue weighted by Gasteiger charge is 2.17. The zero-order chi connectivity index (χ0) is 16.3. The monoisotopic (exact) mass is 329 g/mol. The third kappa shape index (κ3) is 4.32. The Kier molecular flexibility index (Phi) is 4.87.